The molecule has 0 radical (unpaired) electrons. The second-order valence-corrected chi connectivity index (χ2v) is 4.45. The zero-order valence-electron chi connectivity index (χ0n) is 10.4. The zero-order valence-corrected chi connectivity index (χ0v) is 10.4. The fraction of sp³-hybridized carbons (Fsp3) is 0.214. The van der Waals surface area contributed by atoms with Crippen LogP contribution in [-0.4, -0.2) is 15.5 Å². The Kier molecular flexibility index (Phi) is 2.67. The molecule has 0 spiro atoms. The maximum absolute atomic E-state index is 12.3. The molecule has 3 heterocycles. The molecule has 2 aromatic heterocycles. The number of pyridine rings is 2. The molecule has 0 aromatic carbocycles. The number of cyclic esters (lactones) is 1. The van der Waals surface area contributed by atoms with E-state index >= 15 is 0 Å². The van der Waals surface area contributed by atoms with Crippen LogP contribution in [0.3, 0.4) is 0 Å². The van der Waals surface area contributed by atoms with Gasteiger partial charge in [0.15, 0.2) is 0 Å². The van der Waals surface area contributed by atoms with Crippen LogP contribution in [0.1, 0.15) is 11.1 Å². The number of esters is 1. The van der Waals surface area contributed by atoms with Crippen LogP contribution >= 0.6 is 0 Å². The highest BCUT2D eigenvalue weighted by molar-refractivity contribution is 5.75. The largest absolute Gasteiger partial charge is 0.460 e. The normalized spacial score (nSPS) is 13.8. The first-order valence-corrected chi connectivity index (χ1v) is 5.95. The lowest BCUT2D eigenvalue weighted by Crippen LogP contribution is -2.29. The minimum Gasteiger partial charge on any atom is -0.460 e. The van der Waals surface area contributed by atoms with Crippen molar-refractivity contribution in [2.45, 2.75) is 13.0 Å². The third-order valence-electron chi connectivity index (χ3n) is 3.26. The van der Waals surface area contributed by atoms with Gasteiger partial charge in [0.2, 0.25) is 0 Å². The van der Waals surface area contributed by atoms with Crippen LogP contribution in [0.4, 0.5) is 0 Å². The highest BCUT2D eigenvalue weighted by atomic mass is 16.5. The van der Waals surface area contributed by atoms with Crippen molar-refractivity contribution in [3.05, 3.63) is 51.9 Å². The Balaban J connectivity index is 2.23. The van der Waals surface area contributed by atoms with Crippen molar-refractivity contribution < 1.29 is 9.53 Å². The van der Waals surface area contributed by atoms with Gasteiger partial charge in [-0.05, 0) is 23.8 Å². The first-order valence-electron chi connectivity index (χ1n) is 5.95. The van der Waals surface area contributed by atoms with Crippen LogP contribution in [0.5, 0.6) is 0 Å². The third-order valence-corrected chi connectivity index (χ3v) is 3.26. The van der Waals surface area contributed by atoms with Gasteiger partial charge in [-0.15, -0.1) is 0 Å². The van der Waals surface area contributed by atoms with E-state index in [1.54, 1.807) is 17.8 Å². The van der Waals surface area contributed by atoms with Crippen LogP contribution in [0.2, 0.25) is 0 Å². The zero-order chi connectivity index (χ0) is 13.4. The van der Waals surface area contributed by atoms with Crippen LogP contribution in [0.25, 0.3) is 11.4 Å². The van der Waals surface area contributed by atoms with Gasteiger partial charge < -0.3 is 9.30 Å². The number of nitrogens with zero attached hydrogens (tertiary/aromatic N) is 2. The molecule has 5 nitrogen and oxygen atoms in total. The smallest absolute Gasteiger partial charge is 0.310 e. The fourth-order valence-electron chi connectivity index (χ4n) is 2.23. The van der Waals surface area contributed by atoms with E-state index in [9.17, 15) is 9.59 Å². The Bertz CT molecular complexity index is 705. The van der Waals surface area contributed by atoms with E-state index in [-0.39, 0.29) is 24.6 Å². The lowest BCUT2D eigenvalue weighted by atomic mass is 10.0. The standard InChI is InChI=1S/C14H12N2O3/c1-16-12(11-4-2-3-5-15-11)6-9-7-13(17)19-8-10(9)14(16)18/h2-6H,7-8H2,1H3. The number of carbonyl (C=O) groups excluding carboxylic acids is 1. The summed E-state index contributed by atoms with van der Waals surface area (Å²) in [4.78, 5) is 27.8. The van der Waals surface area contributed by atoms with E-state index < -0.39 is 0 Å². The van der Waals surface area contributed by atoms with E-state index in [1.807, 2.05) is 24.3 Å². The van der Waals surface area contributed by atoms with Crippen LogP contribution in [0.15, 0.2) is 35.3 Å². The number of hydrogen-bond acceptors (Lipinski definition) is 4. The number of aromatic nitrogens is 2. The SMILES string of the molecule is Cn1c(-c2ccccn2)cc2c(c1=O)COC(=O)C2. The van der Waals surface area contributed by atoms with E-state index in [0.717, 1.165) is 5.56 Å². The molecule has 2 aromatic rings. The van der Waals surface area contributed by atoms with Crippen molar-refractivity contribution in [3.63, 3.8) is 0 Å². The van der Waals surface area contributed by atoms with Crippen LogP contribution in [0, 0.1) is 0 Å². The van der Waals surface area contributed by atoms with Crippen molar-refractivity contribution in [1.82, 2.24) is 9.55 Å². The summed E-state index contributed by atoms with van der Waals surface area (Å²) in [5.74, 6) is -0.298. The molecule has 0 saturated carbocycles. The summed E-state index contributed by atoms with van der Waals surface area (Å²) >= 11 is 0. The molecule has 0 unspecified atom stereocenters. The lowest BCUT2D eigenvalue weighted by Gasteiger charge is -2.18. The molecule has 0 bridgehead atoms. The number of fused-ring (bicyclic) bond motifs is 1. The average molecular weight is 256 g/mol. The molecule has 0 saturated heterocycles. The molecule has 1 aliphatic rings. The minimum absolute atomic E-state index is 0.0589. The van der Waals surface area contributed by atoms with Gasteiger partial charge in [-0.1, -0.05) is 6.07 Å². The molecule has 0 aliphatic carbocycles. The van der Waals surface area contributed by atoms with Crippen molar-refractivity contribution in [3.8, 4) is 11.4 Å². The Hall–Kier alpha value is -2.43. The summed E-state index contributed by atoms with van der Waals surface area (Å²) in [5.41, 5.74) is 2.58. The maximum Gasteiger partial charge on any atom is 0.310 e. The molecule has 0 atom stereocenters. The predicted octanol–water partition coefficient (Wildman–Crippen LogP) is 1.05. The van der Waals surface area contributed by atoms with Gasteiger partial charge in [0.1, 0.15) is 6.61 Å². The summed E-state index contributed by atoms with van der Waals surface area (Å²) in [6.45, 7) is 0.0589. The van der Waals surface area contributed by atoms with Gasteiger partial charge >= 0.3 is 5.97 Å². The first kappa shape index (κ1) is 11.6. The van der Waals surface area contributed by atoms with E-state index in [2.05, 4.69) is 4.98 Å². The Morgan fingerprint density at radius 1 is 1.32 bits per heavy atom. The van der Waals surface area contributed by atoms with Crippen molar-refractivity contribution in [2.75, 3.05) is 0 Å². The summed E-state index contributed by atoms with van der Waals surface area (Å²) < 4.78 is 6.46. The summed E-state index contributed by atoms with van der Waals surface area (Å²) in [6.07, 6.45) is 1.82. The molecule has 5 heteroatoms. The number of rotatable bonds is 1. The quantitative estimate of drug-likeness (QED) is 0.715. The van der Waals surface area contributed by atoms with E-state index in [0.29, 0.717) is 17.0 Å². The van der Waals surface area contributed by atoms with Gasteiger partial charge in [-0.3, -0.25) is 14.6 Å². The van der Waals surface area contributed by atoms with Crippen LogP contribution < -0.4 is 5.56 Å². The second-order valence-electron chi connectivity index (χ2n) is 4.45. The molecule has 0 fully saturated rings. The minimum atomic E-state index is -0.298. The average Bonchev–Trinajstić information content (AvgIpc) is 2.43. The monoisotopic (exact) mass is 256 g/mol. The number of hydrogen-bond donors (Lipinski definition) is 0. The van der Waals surface area contributed by atoms with Gasteiger partial charge in [0.05, 0.1) is 23.4 Å². The third kappa shape index (κ3) is 1.93. The molecule has 0 N–H and O–H groups in total. The number of carbonyl (C=O) groups is 1. The second kappa shape index (κ2) is 4.35. The Labute approximate surface area is 109 Å². The highest BCUT2D eigenvalue weighted by Gasteiger charge is 2.22. The van der Waals surface area contributed by atoms with Crippen molar-refractivity contribution in [2.24, 2.45) is 7.05 Å². The van der Waals surface area contributed by atoms with E-state index in [4.69, 9.17) is 4.74 Å². The Morgan fingerprint density at radius 2 is 2.16 bits per heavy atom. The van der Waals surface area contributed by atoms with E-state index in [1.165, 1.54) is 0 Å². The predicted molar refractivity (Wildman–Crippen MR) is 68.4 cm³/mol. The summed E-state index contributed by atoms with van der Waals surface area (Å²) in [5, 5.41) is 0. The molecule has 3 rings (SSSR count). The van der Waals surface area contributed by atoms with Gasteiger partial charge in [-0.2, -0.15) is 0 Å². The lowest BCUT2D eigenvalue weighted by molar-refractivity contribution is -0.145. The van der Waals surface area contributed by atoms with Crippen LogP contribution in [-0.2, 0) is 29.6 Å². The molecular formula is C14H12N2O3. The molecule has 96 valence electrons. The van der Waals surface area contributed by atoms with Gasteiger partial charge in [0, 0.05) is 13.2 Å². The molecule has 19 heavy (non-hydrogen) atoms. The molecular weight excluding hydrogens is 244 g/mol. The molecule has 0 amide bonds. The van der Waals surface area contributed by atoms with Gasteiger partial charge in [0.25, 0.3) is 5.56 Å². The fourth-order valence-corrected chi connectivity index (χ4v) is 2.23. The number of ether oxygens (including phenoxy) is 1. The van der Waals surface area contributed by atoms with Gasteiger partial charge in [-0.25, -0.2) is 0 Å². The van der Waals surface area contributed by atoms with Crippen molar-refractivity contribution >= 4 is 5.97 Å². The molecule has 1 aliphatic heterocycles. The van der Waals surface area contributed by atoms with Crippen molar-refractivity contribution in [1.29, 1.82) is 0 Å². The Morgan fingerprint density at radius 3 is 2.89 bits per heavy atom. The summed E-state index contributed by atoms with van der Waals surface area (Å²) in [6, 6.07) is 7.36. The first-order chi connectivity index (χ1) is 9.16. The highest BCUT2D eigenvalue weighted by Crippen LogP contribution is 2.21. The topological polar surface area (TPSA) is 61.2 Å². The maximum atomic E-state index is 12.3. The summed E-state index contributed by atoms with van der Waals surface area (Å²) in [7, 11) is 1.70.